The summed E-state index contributed by atoms with van der Waals surface area (Å²) in [6.07, 6.45) is -0.737. The highest BCUT2D eigenvalue weighted by Crippen LogP contribution is 2.44. The van der Waals surface area contributed by atoms with Gasteiger partial charge in [-0.05, 0) is 48.9 Å². The van der Waals surface area contributed by atoms with Crippen LogP contribution in [0.15, 0.2) is 48.5 Å². The zero-order valence-electron chi connectivity index (χ0n) is 20.8. The molecule has 8 nitrogen and oxygen atoms in total. The van der Waals surface area contributed by atoms with Gasteiger partial charge in [-0.2, -0.15) is 0 Å². The molecule has 2 aromatic carbocycles. The molecule has 1 aliphatic rings. The summed E-state index contributed by atoms with van der Waals surface area (Å²) in [5.74, 6) is -2.23. The Bertz CT molecular complexity index is 1030. The van der Waals surface area contributed by atoms with Crippen molar-refractivity contribution in [1.82, 2.24) is 10.6 Å². The zero-order valence-corrected chi connectivity index (χ0v) is 20.8. The first-order chi connectivity index (χ1) is 16.5. The minimum Gasteiger partial charge on any atom is -0.480 e. The summed E-state index contributed by atoms with van der Waals surface area (Å²) in [5.41, 5.74) is 3.85. The minimum atomic E-state index is -1.24. The molecule has 188 valence electrons. The van der Waals surface area contributed by atoms with Crippen molar-refractivity contribution in [2.45, 2.75) is 58.2 Å². The number of aliphatic carboxylic acids is 1. The van der Waals surface area contributed by atoms with Crippen LogP contribution in [-0.2, 0) is 19.1 Å². The van der Waals surface area contributed by atoms with Gasteiger partial charge in [0.25, 0.3) is 0 Å². The highest BCUT2D eigenvalue weighted by molar-refractivity contribution is 5.89. The van der Waals surface area contributed by atoms with Crippen LogP contribution >= 0.6 is 0 Å². The molecule has 0 aliphatic heterocycles. The second-order valence-electron chi connectivity index (χ2n) is 10.0. The molecule has 1 aliphatic carbocycles. The van der Waals surface area contributed by atoms with Crippen molar-refractivity contribution in [3.8, 4) is 11.1 Å². The van der Waals surface area contributed by atoms with Crippen molar-refractivity contribution < 1.29 is 29.0 Å². The Balaban J connectivity index is 1.63. The van der Waals surface area contributed by atoms with Crippen LogP contribution in [0.25, 0.3) is 11.1 Å². The summed E-state index contributed by atoms with van der Waals surface area (Å²) in [5, 5.41) is 14.5. The van der Waals surface area contributed by atoms with Gasteiger partial charge in [-0.15, -0.1) is 0 Å². The monoisotopic (exact) mass is 482 g/mol. The molecule has 0 radical (unpaired) electrons. The fourth-order valence-electron chi connectivity index (χ4n) is 4.07. The van der Waals surface area contributed by atoms with E-state index >= 15 is 0 Å². The number of hydrogen-bond donors (Lipinski definition) is 3. The predicted octanol–water partition coefficient (Wildman–Crippen LogP) is 3.93. The van der Waals surface area contributed by atoms with Gasteiger partial charge in [-0.3, -0.25) is 4.79 Å². The number of alkyl carbamates (subject to hydrolysis) is 1. The lowest BCUT2D eigenvalue weighted by molar-refractivity contribution is -0.145. The topological polar surface area (TPSA) is 114 Å². The summed E-state index contributed by atoms with van der Waals surface area (Å²) < 4.78 is 11.1. The summed E-state index contributed by atoms with van der Waals surface area (Å²) in [6.45, 7) is 8.82. The van der Waals surface area contributed by atoms with Gasteiger partial charge in [-0.1, -0.05) is 62.4 Å². The maximum absolute atomic E-state index is 12.8. The Kier molecular flexibility index (Phi) is 8.17. The fourth-order valence-corrected chi connectivity index (χ4v) is 4.07. The number of carboxylic acid groups (broad SMARTS) is 1. The Morgan fingerprint density at radius 3 is 1.97 bits per heavy atom. The van der Waals surface area contributed by atoms with E-state index in [0.717, 1.165) is 22.3 Å². The normalized spacial score (nSPS) is 14.6. The van der Waals surface area contributed by atoms with Crippen LogP contribution in [0.3, 0.4) is 0 Å². The van der Waals surface area contributed by atoms with E-state index in [4.69, 9.17) is 9.47 Å². The van der Waals surface area contributed by atoms with Gasteiger partial charge in [0.2, 0.25) is 5.91 Å². The number of ether oxygens (including phenoxy) is 2. The molecule has 0 unspecified atom stereocenters. The third-order valence-corrected chi connectivity index (χ3v) is 5.86. The molecule has 0 bridgehead atoms. The maximum atomic E-state index is 12.8. The van der Waals surface area contributed by atoms with Crippen LogP contribution < -0.4 is 10.6 Å². The quantitative estimate of drug-likeness (QED) is 0.499. The number of nitrogens with one attached hydrogen (secondary N) is 2. The Labute approximate surface area is 206 Å². The molecule has 0 fully saturated rings. The van der Waals surface area contributed by atoms with E-state index in [9.17, 15) is 19.5 Å². The lowest BCUT2D eigenvalue weighted by Gasteiger charge is -2.26. The largest absolute Gasteiger partial charge is 0.480 e. The molecule has 2 atom stereocenters. The average molecular weight is 483 g/mol. The van der Waals surface area contributed by atoms with Gasteiger partial charge >= 0.3 is 12.1 Å². The highest BCUT2D eigenvalue weighted by Gasteiger charge is 2.32. The number of amides is 2. The van der Waals surface area contributed by atoms with Crippen molar-refractivity contribution in [3.05, 3.63) is 59.7 Å². The van der Waals surface area contributed by atoms with Crippen LogP contribution in [0.5, 0.6) is 0 Å². The molecule has 3 rings (SSSR count). The zero-order chi connectivity index (χ0) is 25.8. The van der Waals surface area contributed by atoms with Crippen LogP contribution in [-0.4, -0.2) is 54.0 Å². The number of fused-ring (bicyclic) bond motifs is 3. The molecule has 8 heteroatoms. The van der Waals surface area contributed by atoms with Gasteiger partial charge in [-0.25, -0.2) is 9.59 Å². The van der Waals surface area contributed by atoms with Gasteiger partial charge in [0.1, 0.15) is 12.6 Å². The summed E-state index contributed by atoms with van der Waals surface area (Å²) >= 11 is 0. The van der Waals surface area contributed by atoms with Gasteiger partial charge in [0.05, 0.1) is 12.2 Å². The SMILES string of the molecule is CC(C)[C@@H](NC(=O)OCC1c2ccccc2-c2ccccc21)C(=O)N[C@@H](COC(C)(C)C)C(=O)O. The van der Waals surface area contributed by atoms with Crippen molar-refractivity contribution in [2.24, 2.45) is 5.92 Å². The Hall–Kier alpha value is -3.39. The molecule has 2 amide bonds. The molecule has 0 aromatic heterocycles. The smallest absolute Gasteiger partial charge is 0.407 e. The van der Waals surface area contributed by atoms with E-state index in [1.165, 1.54) is 0 Å². The average Bonchev–Trinajstić information content (AvgIpc) is 3.11. The van der Waals surface area contributed by atoms with Gasteiger partial charge in [0.15, 0.2) is 6.04 Å². The van der Waals surface area contributed by atoms with E-state index in [2.05, 4.69) is 22.8 Å². The van der Waals surface area contributed by atoms with Crippen LogP contribution in [0.1, 0.15) is 51.7 Å². The van der Waals surface area contributed by atoms with Crippen LogP contribution in [0.2, 0.25) is 0 Å². The van der Waals surface area contributed by atoms with Gasteiger partial charge < -0.3 is 25.2 Å². The van der Waals surface area contributed by atoms with Gasteiger partial charge in [0, 0.05) is 5.92 Å². The molecule has 3 N–H and O–H groups in total. The Morgan fingerprint density at radius 2 is 1.49 bits per heavy atom. The standard InChI is InChI=1S/C27H34N2O6/c1-16(2)23(24(30)28-22(25(31)32)15-35-27(3,4)5)29-26(33)34-14-21-19-12-8-6-10-17(19)18-11-7-9-13-20(18)21/h6-13,16,21-23H,14-15H2,1-5H3,(H,28,30)(H,29,33)(H,31,32)/t22-,23+/m0/s1. The molecule has 2 aromatic rings. The number of hydrogen-bond acceptors (Lipinski definition) is 5. The minimum absolute atomic E-state index is 0.106. The van der Waals surface area contributed by atoms with Crippen LogP contribution in [0.4, 0.5) is 4.79 Å². The molecule has 0 saturated carbocycles. The first-order valence-corrected chi connectivity index (χ1v) is 11.8. The first-order valence-electron chi connectivity index (χ1n) is 11.8. The molecular weight excluding hydrogens is 448 g/mol. The molecule has 0 heterocycles. The third kappa shape index (κ3) is 6.60. The van der Waals surface area contributed by atoms with Crippen LogP contribution in [0, 0.1) is 5.92 Å². The van der Waals surface area contributed by atoms with Crippen molar-refractivity contribution in [3.63, 3.8) is 0 Å². The Morgan fingerprint density at radius 1 is 0.943 bits per heavy atom. The second kappa shape index (κ2) is 10.9. The van der Waals surface area contributed by atoms with E-state index in [-0.39, 0.29) is 25.0 Å². The van der Waals surface area contributed by atoms with Crippen molar-refractivity contribution in [2.75, 3.05) is 13.2 Å². The van der Waals surface area contributed by atoms with Crippen molar-refractivity contribution in [1.29, 1.82) is 0 Å². The summed E-state index contributed by atoms with van der Waals surface area (Å²) in [6, 6.07) is 13.8. The predicted molar refractivity (Wildman–Crippen MR) is 132 cm³/mol. The summed E-state index contributed by atoms with van der Waals surface area (Å²) in [4.78, 5) is 37.1. The number of benzene rings is 2. The molecular formula is C27H34N2O6. The van der Waals surface area contributed by atoms with E-state index in [1.54, 1.807) is 34.6 Å². The maximum Gasteiger partial charge on any atom is 0.407 e. The lowest BCUT2D eigenvalue weighted by Crippen LogP contribution is -2.55. The lowest BCUT2D eigenvalue weighted by atomic mass is 9.98. The second-order valence-corrected chi connectivity index (χ2v) is 10.0. The highest BCUT2D eigenvalue weighted by atomic mass is 16.5. The third-order valence-electron chi connectivity index (χ3n) is 5.86. The number of carbonyl (C=O) groups is 3. The van der Waals surface area contributed by atoms with E-state index in [0.29, 0.717) is 0 Å². The number of carboxylic acids is 1. The van der Waals surface area contributed by atoms with E-state index in [1.807, 2.05) is 36.4 Å². The molecule has 35 heavy (non-hydrogen) atoms. The molecule has 0 saturated heterocycles. The summed E-state index contributed by atoms with van der Waals surface area (Å²) in [7, 11) is 0. The number of rotatable bonds is 9. The number of carbonyl (C=O) groups excluding carboxylic acids is 2. The van der Waals surface area contributed by atoms with E-state index < -0.39 is 35.7 Å². The molecule has 0 spiro atoms. The first kappa shape index (κ1) is 26.2. The fraction of sp³-hybridized carbons (Fsp3) is 0.444. The van der Waals surface area contributed by atoms with Crippen molar-refractivity contribution >= 4 is 18.0 Å².